The molecule has 26 heavy (non-hydrogen) atoms. The Labute approximate surface area is 157 Å². The first-order valence-corrected chi connectivity index (χ1v) is 9.42. The molecule has 0 spiro atoms. The number of benzene rings is 1. The third-order valence-electron chi connectivity index (χ3n) is 4.25. The van der Waals surface area contributed by atoms with Crippen LogP contribution in [0.1, 0.15) is 47.1 Å². The van der Waals surface area contributed by atoms with Gasteiger partial charge in [0, 0.05) is 49.9 Å². The second kappa shape index (κ2) is 10.4. The number of anilines is 1. The Kier molecular flexibility index (Phi) is 8.57. The number of amides is 1. The molecule has 0 aliphatic carbocycles. The Morgan fingerprint density at radius 3 is 2.46 bits per heavy atom. The quantitative estimate of drug-likeness (QED) is 0.769. The van der Waals surface area contributed by atoms with E-state index >= 15 is 0 Å². The van der Waals surface area contributed by atoms with Gasteiger partial charge in [-0.1, -0.05) is 27.7 Å². The van der Waals surface area contributed by atoms with E-state index in [-0.39, 0.29) is 11.9 Å². The molecule has 2 heterocycles. The molecule has 1 amide bonds. The lowest BCUT2D eigenvalue weighted by molar-refractivity contribution is -0.129. The van der Waals surface area contributed by atoms with Crippen molar-refractivity contribution < 1.29 is 4.79 Å². The number of hydrogen-bond donors (Lipinski definition) is 0. The number of pyridine rings is 1. The minimum atomic E-state index is 0.123. The van der Waals surface area contributed by atoms with Gasteiger partial charge in [-0.15, -0.1) is 0 Å². The fraction of sp³-hybridized carbons (Fsp3) is 0.476. The van der Waals surface area contributed by atoms with Crippen LogP contribution in [-0.2, 0) is 4.79 Å². The lowest BCUT2D eigenvalue weighted by atomic mass is 10.1. The lowest BCUT2D eigenvalue weighted by Gasteiger charge is -2.41. The zero-order valence-electron chi connectivity index (χ0n) is 16.8. The normalized spacial score (nSPS) is 16.0. The third kappa shape index (κ3) is 4.51. The van der Waals surface area contributed by atoms with E-state index in [4.69, 9.17) is 0 Å². The van der Waals surface area contributed by atoms with E-state index in [0.717, 1.165) is 36.2 Å². The van der Waals surface area contributed by atoms with Crippen LogP contribution in [0.25, 0.3) is 10.9 Å². The zero-order chi connectivity index (χ0) is 19.7. The average molecular weight is 354 g/mol. The average Bonchev–Trinajstić information content (AvgIpc) is 2.70. The molecule has 1 aromatic carbocycles. The smallest absolute Gasteiger partial charge is 0.219 e. The van der Waals surface area contributed by atoms with Crippen LogP contribution in [0.5, 0.6) is 0 Å². The molecule has 1 saturated heterocycles. The van der Waals surface area contributed by atoms with Crippen molar-refractivity contribution in [3.63, 3.8) is 0 Å². The molecular formula is C21H30N4O. The van der Waals surface area contributed by atoms with Gasteiger partial charge < -0.3 is 9.80 Å². The number of nitriles is 1. The number of aromatic nitrogens is 1. The number of carbonyl (C=O) groups excluding carboxylic acids is 1. The molecule has 1 aliphatic heterocycles. The summed E-state index contributed by atoms with van der Waals surface area (Å²) in [5.41, 5.74) is 2.41. The molecule has 1 fully saturated rings. The summed E-state index contributed by atoms with van der Waals surface area (Å²) in [5, 5.41) is 10.2. The van der Waals surface area contributed by atoms with Crippen molar-refractivity contribution in [3.8, 4) is 6.07 Å². The van der Waals surface area contributed by atoms with Crippen molar-refractivity contribution in [2.45, 2.75) is 47.6 Å². The van der Waals surface area contributed by atoms with Gasteiger partial charge in [0.2, 0.25) is 5.91 Å². The van der Waals surface area contributed by atoms with Gasteiger partial charge in [-0.2, -0.15) is 5.26 Å². The molecule has 5 nitrogen and oxygen atoms in total. The van der Waals surface area contributed by atoms with Crippen LogP contribution in [-0.4, -0.2) is 41.5 Å². The van der Waals surface area contributed by atoms with Crippen LogP contribution in [0.4, 0.5) is 5.69 Å². The Hall–Kier alpha value is -2.61. The van der Waals surface area contributed by atoms with Gasteiger partial charge in [-0.05, 0) is 31.2 Å². The second-order valence-electron chi connectivity index (χ2n) is 5.65. The minimum absolute atomic E-state index is 0.123. The molecule has 1 unspecified atom stereocenters. The number of piperazine rings is 1. The van der Waals surface area contributed by atoms with Gasteiger partial charge in [0.15, 0.2) is 0 Å². The van der Waals surface area contributed by atoms with Crippen LogP contribution in [0.2, 0.25) is 0 Å². The Bertz CT molecular complexity index is 766. The molecule has 1 atom stereocenters. The number of fused-ring (bicyclic) bond motifs is 1. The molecule has 2 aromatic rings. The van der Waals surface area contributed by atoms with E-state index in [9.17, 15) is 10.1 Å². The molecule has 1 aromatic heterocycles. The standard InChI is InChI=1S/C17H18N4O.2C2H6/c1-12-11-20(13(2)22)8-9-21(12)16-6-5-14(10-18)17-15(16)4-3-7-19-17;2*1-2/h3-7,12H,8-9,11H2,1-2H3;2*1-2H3. The largest absolute Gasteiger partial charge is 0.365 e. The van der Waals surface area contributed by atoms with E-state index in [1.165, 1.54) is 0 Å². The molecule has 5 heteroatoms. The van der Waals surface area contributed by atoms with Gasteiger partial charge in [0.1, 0.15) is 6.07 Å². The molecule has 1 aliphatic rings. The van der Waals surface area contributed by atoms with Crippen LogP contribution < -0.4 is 4.90 Å². The summed E-state index contributed by atoms with van der Waals surface area (Å²) in [7, 11) is 0. The maximum atomic E-state index is 11.5. The number of carbonyl (C=O) groups is 1. The summed E-state index contributed by atoms with van der Waals surface area (Å²) in [6.07, 6.45) is 1.71. The Morgan fingerprint density at radius 1 is 1.19 bits per heavy atom. The fourth-order valence-electron chi connectivity index (χ4n) is 3.10. The molecule has 0 saturated carbocycles. The Morgan fingerprint density at radius 2 is 1.88 bits per heavy atom. The van der Waals surface area contributed by atoms with E-state index in [2.05, 4.69) is 22.9 Å². The van der Waals surface area contributed by atoms with Gasteiger partial charge in [-0.3, -0.25) is 9.78 Å². The van der Waals surface area contributed by atoms with Gasteiger partial charge in [-0.25, -0.2) is 0 Å². The van der Waals surface area contributed by atoms with Crippen molar-refractivity contribution in [2.24, 2.45) is 0 Å². The third-order valence-corrected chi connectivity index (χ3v) is 4.25. The monoisotopic (exact) mass is 354 g/mol. The first-order chi connectivity index (χ1) is 12.6. The summed E-state index contributed by atoms with van der Waals surface area (Å²) in [6, 6.07) is 10.1. The summed E-state index contributed by atoms with van der Waals surface area (Å²) >= 11 is 0. The van der Waals surface area contributed by atoms with Crippen LogP contribution in [0.3, 0.4) is 0 Å². The predicted molar refractivity (Wildman–Crippen MR) is 108 cm³/mol. The number of nitrogens with zero attached hydrogens (tertiary/aromatic N) is 4. The van der Waals surface area contributed by atoms with Crippen molar-refractivity contribution >= 4 is 22.5 Å². The predicted octanol–water partition coefficient (Wildman–Crippen LogP) is 4.22. The highest BCUT2D eigenvalue weighted by molar-refractivity contribution is 5.95. The van der Waals surface area contributed by atoms with E-state index in [1.807, 2.05) is 56.9 Å². The second-order valence-corrected chi connectivity index (χ2v) is 5.65. The van der Waals surface area contributed by atoms with Crippen molar-refractivity contribution in [1.82, 2.24) is 9.88 Å². The number of rotatable bonds is 1. The molecule has 0 bridgehead atoms. The van der Waals surface area contributed by atoms with E-state index in [1.54, 1.807) is 13.1 Å². The molecular weight excluding hydrogens is 324 g/mol. The molecule has 140 valence electrons. The fourth-order valence-corrected chi connectivity index (χ4v) is 3.10. The van der Waals surface area contributed by atoms with E-state index in [0.29, 0.717) is 5.56 Å². The molecule has 3 rings (SSSR count). The summed E-state index contributed by atoms with van der Waals surface area (Å²) in [6.45, 7) is 14.0. The summed E-state index contributed by atoms with van der Waals surface area (Å²) in [5.74, 6) is 0.123. The zero-order valence-corrected chi connectivity index (χ0v) is 16.8. The molecule has 0 radical (unpaired) electrons. The first-order valence-electron chi connectivity index (χ1n) is 9.42. The lowest BCUT2D eigenvalue weighted by Crippen LogP contribution is -2.53. The first kappa shape index (κ1) is 21.4. The molecule has 0 N–H and O–H groups in total. The van der Waals surface area contributed by atoms with Gasteiger partial charge in [0.25, 0.3) is 0 Å². The maximum absolute atomic E-state index is 11.5. The highest BCUT2D eigenvalue weighted by atomic mass is 16.2. The summed E-state index contributed by atoms with van der Waals surface area (Å²) < 4.78 is 0. The highest BCUT2D eigenvalue weighted by Gasteiger charge is 2.26. The Balaban J connectivity index is 0.000000791. The topological polar surface area (TPSA) is 60.2 Å². The number of hydrogen-bond acceptors (Lipinski definition) is 4. The van der Waals surface area contributed by atoms with Crippen molar-refractivity contribution in [2.75, 3.05) is 24.5 Å². The van der Waals surface area contributed by atoms with E-state index < -0.39 is 0 Å². The van der Waals surface area contributed by atoms with Gasteiger partial charge in [0.05, 0.1) is 11.1 Å². The SMILES string of the molecule is CC.CC.CC(=O)N1CCN(c2ccc(C#N)c3ncccc23)C(C)C1. The van der Waals surface area contributed by atoms with Crippen molar-refractivity contribution in [3.05, 3.63) is 36.0 Å². The van der Waals surface area contributed by atoms with Crippen molar-refractivity contribution in [1.29, 1.82) is 5.26 Å². The van der Waals surface area contributed by atoms with Crippen LogP contribution in [0.15, 0.2) is 30.5 Å². The highest BCUT2D eigenvalue weighted by Crippen LogP contribution is 2.30. The minimum Gasteiger partial charge on any atom is -0.365 e. The van der Waals surface area contributed by atoms with Crippen LogP contribution in [0, 0.1) is 11.3 Å². The van der Waals surface area contributed by atoms with Gasteiger partial charge >= 0.3 is 0 Å². The summed E-state index contributed by atoms with van der Waals surface area (Å²) in [4.78, 5) is 20.1. The van der Waals surface area contributed by atoms with Crippen LogP contribution >= 0.6 is 0 Å². The maximum Gasteiger partial charge on any atom is 0.219 e.